The molecule has 4 heteroatoms. The summed E-state index contributed by atoms with van der Waals surface area (Å²) < 4.78 is 5.95. The summed E-state index contributed by atoms with van der Waals surface area (Å²) in [5, 5.41) is 0. The van der Waals surface area contributed by atoms with Gasteiger partial charge in [-0.1, -0.05) is 0 Å². The Morgan fingerprint density at radius 1 is 1.28 bits per heavy atom. The number of carbonyl (C=O) groups is 1. The number of ether oxygens (including phenoxy) is 1. The molecule has 0 fully saturated rings. The van der Waals surface area contributed by atoms with Crippen LogP contribution in [0.5, 0.6) is 5.75 Å². The molecule has 0 unspecified atom stereocenters. The summed E-state index contributed by atoms with van der Waals surface area (Å²) >= 11 is 5.04. The number of aryl methyl sites for hydroxylation is 2. The molecular formula is C14H13BrO2S. The lowest BCUT2D eigenvalue weighted by atomic mass is 10.0. The third kappa shape index (κ3) is 2.49. The van der Waals surface area contributed by atoms with Crippen molar-refractivity contribution >= 4 is 33.0 Å². The zero-order valence-corrected chi connectivity index (χ0v) is 12.8. The minimum absolute atomic E-state index is 0.0557. The number of halogens is 1. The van der Waals surface area contributed by atoms with Crippen LogP contribution in [0.2, 0.25) is 0 Å². The quantitative estimate of drug-likeness (QED) is 0.784. The lowest BCUT2D eigenvalue weighted by molar-refractivity contribution is 0.103. The summed E-state index contributed by atoms with van der Waals surface area (Å²) in [6, 6.07) is 7.33. The predicted molar refractivity (Wildman–Crippen MR) is 77.9 cm³/mol. The number of rotatable bonds is 3. The van der Waals surface area contributed by atoms with Crippen LogP contribution in [-0.4, -0.2) is 12.9 Å². The molecule has 0 atom stereocenters. The lowest BCUT2D eigenvalue weighted by Crippen LogP contribution is -2.01. The molecule has 0 amide bonds. The van der Waals surface area contributed by atoms with Crippen molar-refractivity contribution in [1.82, 2.24) is 0 Å². The maximum atomic E-state index is 12.4. The van der Waals surface area contributed by atoms with Crippen LogP contribution in [0.25, 0.3) is 0 Å². The second-order valence-corrected chi connectivity index (χ2v) is 6.32. The van der Waals surface area contributed by atoms with Gasteiger partial charge in [-0.3, -0.25) is 4.79 Å². The van der Waals surface area contributed by atoms with Crippen molar-refractivity contribution in [2.24, 2.45) is 0 Å². The Hall–Kier alpha value is -1.13. The normalized spacial score (nSPS) is 10.4. The van der Waals surface area contributed by atoms with Crippen LogP contribution in [0, 0.1) is 13.8 Å². The zero-order chi connectivity index (χ0) is 13.3. The highest BCUT2D eigenvalue weighted by Gasteiger charge is 2.15. The Kier molecular flexibility index (Phi) is 3.88. The number of thiophene rings is 1. The monoisotopic (exact) mass is 324 g/mol. The van der Waals surface area contributed by atoms with Crippen LogP contribution < -0.4 is 4.74 Å². The molecular weight excluding hydrogens is 312 g/mol. The van der Waals surface area contributed by atoms with E-state index in [1.54, 1.807) is 36.6 Å². The fourth-order valence-electron chi connectivity index (χ4n) is 1.82. The van der Waals surface area contributed by atoms with E-state index in [9.17, 15) is 4.79 Å². The Balaban J connectivity index is 2.40. The van der Waals surface area contributed by atoms with Crippen molar-refractivity contribution in [3.8, 4) is 5.75 Å². The van der Waals surface area contributed by atoms with Crippen LogP contribution in [0.1, 0.15) is 25.7 Å². The molecule has 1 heterocycles. The van der Waals surface area contributed by atoms with Gasteiger partial charge in [-0.25, -0.2) is 0 Å². The van der Waals surface area contributed by atoms with E-state index in [2.05, 4.69) is 15.9 Å². The molecule has 0 aliphatic heterocycles. The number of ketones is 1. The molecule has 94 valence electrons. The van der Waals surface area contributed by atoms with Crippen LogP contribution in [0.4, 0.5) is 0 Å². The number of hydrogen-bond acceptors (Lipinski definition) is 3. The molecule has 0 aliphatic carbocycles. The average molecular weight is 325 g/mol. The first-order valence-corrected chi connectivity index (χ1v) is 7.09. The molecule has 0 N–H and O–H groups in total. The third-order valence-electron chi connectivity index (χ3n) is 2.70. The Labute approximate surface area is 119 Å². The molecule has 2 nitrogen and oxygen atoms in total. The molecule has 0 aliphatic rings. The molecule has 0 saturated heterocycles. The molecule has 1 aromatic carbocycles. The highest BCUT2D eigenvalue weighted by atomic mass is 79.9. The van der Waals surface area contributed by atoms with Crippen LogP contribution in [0.15, 0.2) is 28.7 Å². The second-order valence-electron chi connectivity index (χ2n) is 4.01. The largest absolute Gasteiger partial charge is 0.496 e. The molecule has 0 radical (unpaired) electrons. The molecule has 0 bridgehead atoms. The number of carbonyl (C=O) groups excluding carboxylic acids is 1. The van der Waals surface area contributed by atoms with E-state index in [0.29, 0.717) is 5.56 Å². The van der Waals surface area contributed by atoms with Gasteiger partial charge in [0.25, 0.3) is 0 Å². The van der Waals surface area contributed by atoms with E-state index < -0.39 is 0 Å². The van der Waals surface area contributed by atoms with Crippen LogP contribution >= 0.6 is 27.3 Å². The standard InChI is InChI=1S/C14H13BrO2S/c1-8-6-11(9(2)18-8)14(16)10-4-5-13(17-3)12(15)7-10/h4-7H,1-3H3. The van der Waals surface area contributed by atoms with Crippen LogP contribution in [-0.2, 0) is 0 Å². The fraction of sp³-hybridized carbons (Fsp3) is 0.214. The van der Waals surface area contributed by atoms with Gasteiger partial charge in [0, 0.05) is 20.9 Å². The fourth-order valence-corrected chi connectivity index (χ4v) is 3.28. The Bertz CT molecular complexity index is 602. The van der Waals surface area contributed by atoms with Gasteiger partial charge in [0.05, 0.1) is 11.6 Å². The van der Waals surface area contributed by atoms with Crippen molar-refractivity contribution in [3.63, 3.8) is 0 Å². The minimum atomic E-state index is 0.0557. The third-order valence-corrected chi connectivity index (χ3v) is 4.29. The van der Waals surface area contributed by atoms with E-state index >= 15 is 0 Å². The average Bonchev–Trinajstić information content (AvgIpc) is 2.67. The summed E-state index contributed by atoms with van der Waals surface area (Å²) in [5.41, 5.74) is 1.46. The van der Waals surface area contributed by atoms with Crippen LogP contribution in [0.3, 0.4) is 0 Å². The van der Waals surface area contributed by atoms with Gasteiger partial charge in [-0.05, 0) is 54.0 Å². The van der Waals surface area contributed by atoms with Gasteiger partial charge in [-0.15, -0.1) is 11.3 Å². The predicted octanol–water partition coefficient (Wildman–Crippen LogP) is 4.37. The first kappa shape index (κ1) is 13.3. The summed E-state index contributed by atoms with van der Waals surface area (Å²) in [6.45, 7) is 3.99. The van der Waals surface area contributed by atoms with Crippen molar-refractivity contribution in [3.05, 3.63) is 49.6 Å². The van der Waals surface area contributed by atoms with Gasteiger partial charge >= 0.3 is 0 Å². The molecule has 0 saturated carbocycles. The smallest absolute Gasteiger partial charge is 0.194 e. The summed E-state index contributed by atoms with van der Waals surface area (Å²) in [5.74, 6) is 0.782. The minimum Gasteiger partial charge on any atom is -0.496 e. The number of hydrogen-bond donors (Lipinski definition) is 0. The lowest BCUT2D eigenvalue weighted by Gasteiger charge is -2.05. The van der Waals surface area contributed by atoms with Gasteiger partial charge in [0.15, 0.2) is 5.78 Å². The van der Waals surface area contributed by atoms with E-state index in [0.717, 1.165) is 25.5 Å². The first-order valence-electron chi connectivity index (χ1n) is 5.48. The maximum Gasteiger partial charge on any atom is 0.194 e. The van der Waals surface area contributed by atoms with E-state index in [4.69, 9.17) is 4.74 Å². The first-order chi connectivity index (χ1) is 8.52. The maximum absolute atomic E-state index is 12.4. The summed E-state index contributed by atoms with van der Waals surface area (Å²) in [6.07, 6.45) is 0. The number of benzene rings is 1. The Morgan fingerprint density at radius 2 is 2.00 bits per heavy atom. The SMILES string of the molecule is COc1ccc(C(=O)c2cc(C)sc2C)cc1Br. The molecule has 1 aromatic heterocycles. The second kappa shape index (κ2) is 5.24. The summed E-state index contributed by atoms with van der Waals surface area (Å²) in [7, 11) is 1.61. The number of methoxy groups -OCH3 is 1. The Morgan fingerprint density at radius 3 is 2.50 bits per heavy atom. The molecule has 18 heavy (non-hydrogen) atoms. The highest BCUT2D eigenvalue weighted by molar-refractivity contribution is 9.10. The molecule has 2 rings (SSSR count). The summed E-state index contributed by atoms with van der Waals surface area (Å²) in [4.78, 5) is 14.6. The van der Waals surface area contributed by atoms with Crippen molar-refractivity contribution in [2.45, 2.75) is 13.8 Å². The highest BCUT2D eigenvalue weighted by Crippen LogP contribution is 2.28. The van der Waals surface area contributed by atoms with E-state index in [-0.39, 0.29) is 5.78 Å². The van der Waals surface area contributed by atoms with Gasteiger partial charge in [-0.2, -0.15) is 0 Å². The van der Waals surface area contributed by atoms with Crippen molar-refractivity contribution in [2.75, 3.05) is 7.11 Å². The van der Waals surface area contributed by atoms with Crippen molar-refractivity contribution < 1.29 is 9.53 Å². The van der Waals surface area contributed by atoms with Crippen molar-refractivity contribution in [1.29, 1.82) is 0 Å². The van der Waals surface area contributed by atoms with Gasteiger partial charge in [0.2, 0.25) is 0 Å². The van der Waals surface area contributed by atoms with E-state index in [1.165, 1.54) is 0 Å². The molecule has 0 spiro atoms. The topological polar surface area (TPSA) is 26.3 Å². The van der Waals surface area contributed by atoms with Gasteiger partial charge < -0.3 is 4.74 Å². The zero-order valence-electron chi connectivity index (χ0n) is 10.4. The van der Waals surface area contributed by atoms with Gasteiger partial charge in [0.1, 0.15) is 5.75 Å². The van der Waals surface area contributed by atoms with E-state index in [1.807, 2.05) is 19.9 Å². The molecule has 2 aromatic rings.